The van der Waals surface area contributed by atoms with Gasteiger partial charge in [-0.15, -0.1) is 0 Å². The van der Waals surface area contributed by atoms with Gasteiger partial charge in [-0.3, -0.25) is 4.79 Å². The maximum absolute atomic E-state index is 11.3. The summed E-state index contributed by atoms with van der Waals surface area (Å²) in [6.07, 6.45) is 2.72. The van der Waals surface area contributed by atoms with Crippen molar-refractivity contribution in [2.75, 3.05) is 49.2 Å². The van der Waals surface area contributed by atoms with Crippen molar-refractivity contribution in [3.63, 3.8) is 0 Å². The Bertz CT molecular complexity index is 1400. The molecule has 0 aliphatic rings. The number of benzene rings is 3. The number of nitrogens with zero attached hydrogens (tertiary/aromatic N) is 1. The van der Waals surface area contributed by atoms with Gasteiger partial charge < -0.3 is 43.5 Å². The monoisotopic (exact) mass is 552 g/mol. The normalized spacial score (nSPS) is 10.3. The number of methoxy groups -OCH3 is 6. The van der Waals surface area contributed by atoms with E-state index in [2.05, 4.69) is 0 Å². The van der Waals surface area contributed by atoms with Crippen LogP contribution in [0, 0.1) is 0 Å². The van der Waals surface area contributed by atoms with Gasteiger partial charge >= 0.3 is 5.97 Å². The molecule has 0 fully saturated rings. The minimum atomic E-state index is -0.358. The van der Waals surface area contributed by atoms with Gasteiger partial charge in [0.15, 0.2) is 23.0 Å². The third-order valence-electron chi connectivity index (χ3n) is 6.05. The number of ether oxygens (including phenoxy) is 7. The third-order valence-corrected chi connectivity index (χ3v) is 6.05. The molecular weight excluding hydrogens is 516 g/mol. The van der Waals surface area contributed by atoms with Crippen molar-refractivity contribution in [3.8, 4) is 45.9 Å². The molecule has 10 heteroatoms. The summed E-state index contributed by atoms with van der Waals surface area (Å²) in [5, 5.41) is 0.970. The average Bonchev–Trinajstić information content (AvgIpc) is 3.33. The zero-order valence-corrected chi connectivity index (χ0v) is 23.9. The average molecular weight is 553 g/mol. The summed E-state index contributed by atoms with van der Waals surface area (Å²) in [5.41, 5.74) is 8.65. The highest BCUT2D eigenvalue weighted by molar-refractivity contribution is 5.88. The molecule has 3 aromatic carbocycles. The highest BCUT2D eigenvalue weighted by Gasteiger charge is 2.17. The zero-order chi connectivity index (χ0) is 29.2. The van der Waals surface area contributed by atoms with E-state index in [0.29, 0.717) is 53.2 Å². The Labute approximate surface area is 234 Å². The Hall–Kier alpha value is -4.57. The highest BCUT2D eigenvalue weighted by atomic mass is 16.5. The van der Waals surface area contributed by atoms with Gasteiger partial charge in [0.1, 0.15) is 5.75 Å². The van der Waals surface area contributed by atoms with E-state index in [4.69, 9.17) is 38.9 Å². The van der Waals surface area contributed by atoms with Gasteiger partial charge in [0.25, 0.3) is 0 Å². The summed E-state index contributed by atoms with van der Waals surface area (Å²) < 4.78 is 38.9. The van der Waals surface area contributed by atoms with E-state index in [9.17, 15) is 4.79 Å². The third kappa shape index (κ3) is 6.52. The maximum atomic E-state index is 11.3. The molecule has 4 aromatic rings. The molecule has 0 aliphatic carbocycles. The maximum Gasteiger partial charge on any atom is 0.308 e. The van der Waals surface area contributed by atoms with Crippen molar-refractivity contribution < 1.29 is 38.0 Å². The molecule has 0 saturated carbocycles. The topological polar surface area (TPSA) is 113 Å². The molecule has 0 aliphatic heterocycles. The summed E-state index contributed by atoms with van der Waals surface area (Å²) in [4.78, 5) is 11.3. The first kappa shape index (κ1) is 30.0. The van der Waals surface area contributed by atoms with Crippen molar-refractivity contribution in [1.29, 1.82) is 0 Å². The van der Waals surface area contributed by atoms with Crippen LogP contribution >= 0.6 is 0 Å². The van der Waals surface area contributed by atoms with Gasteiger partial charge in [-0.2, -0.15) is 0 Å². The first-order valence-corrected chi connectivity index (χ1v) is 12.4. The van der Waals surface area contributed by atoms with Crippen LogP contribution in [-0.2, 0) is 11.2 Å². The van der Waals surface area contributed by atoms with E-state index in [1.165, 1.54) is 6.92 Å². The summed E-state index contributed by atoms with van der Waals surface area (Å²) in [7, 11) is 9.51. The summed E-state index contributed by atoms with van der Waals surface area (Å²) >= 11 is 0. The Morgan fingerprint density at radius 2 is 1.30 bits per heavy atom. The second kappa shape index (κ2) is 14.0. The molecule has 0 bridgehead atoms. The van der Waals surface area contributed by atoms with Crippen LogP contribution in [0.3, 0.4) is 0 Å². The van der Waals surface area contributed by atoms with Crippen LogP contribution < -0.4 is 38.9 Å². The number of esters is 1. The van der Waals surface area contributed by atoms with Gasteiger partial charge in [-0.25, -0.2) is 0 Å². The fourth-order valence-electron chi connectivity index (χ4n) is 4.30. The van der Waals surface area contributed by atoms with E-state index in [0.717, 1.165) is 22.2 Å². The molecule has 0 amide bonds. The zero-order valence-electron chi connectivity index (χ0n) is 23.9. The van der Waals surface area contributed by atoms with E-state index >= 15 is 0 Å². The van der Waals surface area contributed by atoms with Crippen LogP contribution in [-0.4, -0.2) is 59.7 Å². The second-order valence-corrected chi connectivity index (χ2v) is 8.41. The number of carbonyl (C=O) groups is 1. The number of carbonyl (C=O) groups excluding carboxylic acids is 1. The number of nitrogens with two attached hydrogens (primary N) is 1. The summed E-state index contributed by atoms with van der Waals surface area (Å²) in [5.74, 6) is 3.79. The number of hydrogen-bond donors (Lipinski definition) is 1. The largest absolute Gasteiger partial charge is 0.493 e. The molecule has 10 nitrogen and oxygen atoms in total. The molecule has 1 aromatic heterocycles. The highest BCUT2D eigenvalue weighted by Crippen LogP contribution is 2.41. The molecule has 0 unspecified atom stereocenters. The van der Waals surface area contributed by atoms with Crippen LogP contribution in [0.25, 0.3) is 16.6 Å². The molecule has 0 spiro atoms. The molecule has 1 heterocycles. The van der Waals surface area contributed by atoms with E-state index in [1.807, 2.05) is 53.2 Å². The molecule has 0 saturated heterocycles. The van der Waals surface area contributed by atoms with Crippen molar-refractivity contribution in [1.82, 2.24) is 4.57 Å². The summed E-state index contributed by atoms with van der Waals surface area (Å²) in [6.45, 7) is 1.89. The lowest BCUT2D eigenvalue weighted by Crippen LogP contribution is -2.02. The van der Waals surface area contributed by atoms with Crippen LogP contribution in [0.4, 0.5) is 0 Å². The number of para-hydroxylation sites is 1. The lowest BCUT2D eigenvalue weighted by atomic mass is 10.1. The van der Waals surface area contributed by atoms with Crippen LogP contribution in [0.2, 0.25) is 0 Å². The van der Waals surface area contributed by atoms with E-state index in [-0.39, 0.29) is 5.97 Å². The van der Waals surface area contributed by atoms with Crippen molar-refractivity contribution in [2.45, 2.75) is 13.3 Å². The first-order chi connectivity index (χ1) is 19.3. The Morgan fingerprint density at radius 3 is 1.77 bits per heavy atom. The molecular formula is C30H36N2O8. The second-order valence-electron chi connectivity index (χ2n) is 8.41. The molecule has 0 atom stereocenters. The van der Waals surface area contributed by atoms with Crippen molar-refractivity contribution in [2.24, 2.45) is 5.73 Å². The molecule has 2 N–H and O–H groups in total. The lowest BCUT2D eigenvalue weighted by molar-refractivity contribution is -0.131. The minimum Gasteiger partial charge on any atom is -0.493 e. The fraction of sp³-hybridized carbons (Fsp3) is 0.300. The Balaban J connectivity index is 0.000000307. The Morgan fingerprint density at radius 1 is 0.750 bits per heavy atom. The van der Waals surface area contributed by atoms with Gasteiger partial charge in [-0.1, -0.05) is 6.07 Å². The number of rotatable bonds is 10. The van der Waals surface area contributed by atoms with Gasteiger partial charge in [0.2, 0.25) is 11.5 Å². The number of hydrogen-bond acceptors (Lipinski definition) is 9. The van der Waals surface area contributed by atoms with Crippen molar-refractivity contribution in [3.05, 3.63) is 60.3 Å². The molecule has 40 heavy (non-hydrogen) atoms. The lowest BCUT2D eigenvalue weighted by Gasteiger charge is -2.15. The van der Waals surface area contributed by atoms with E-state index < -0.39 is 0 Å². The van der Waals surface area contributed by atoms with Gasteiger partial charge in [-0.05, 0) is 48.9 Å². The number of fused-ring (bicyclic) bond motifs is 1. The summed E-state index contributed by atoms with van der Waals surface area (Å²) in [6, 6.07) is 14.8. The quantitative estimate of drug-likeness (QED) is 0.219. The molecule has 0 radical (unpaired) electrons. The smallest absolute Gasteiger partial charge is 0.308 e. The van der Waals surface area contributed by atoms with E-state index in [1.54, 1.807) is 48.7 Å². The van der Waals surface area contributed by atoms with Gasteiger partial charge in [0.05, 0.1) is 53.9 Å². The predicted molar refractivity (Wildman–Crippen MR) is 153 cm³/mol. The SMILES string of the molecule is COc1cc(-n2cc(CCN)c3cc(OC(C)=O)ccc32)cc(OC)c1OC.COc1cccc(OC)c1OC. The Kier molecular flexibility index (Phi) is 10.5. The predicted octanol–water partition coefficient (Wildman–Crippen LogP) is 4.80. The number of aromatic nitrogens is 1. The van der Waals surface area contributed by atoms with Gasteiger partial charge in [0, 0.05) is 30.6 Å². The molecule has 4 rings (SSSR count). The van der Waals surface area contributed by atoms with Crippen molar-refractivity contribution >= 4 is 16.9 Å². The first-order valence-electron chi connectivity index (χ1n) is 12.4. The standard InChI is InChI=1S/C21H24N2O5.C9H12O3/c1-13(24)28-16-5-6-18-17(11-16)14(7-8-22)12-23(18)15-9-19(25-2)21(27-4)20(10-15)26-3;1-10-7-5-4-6-8(11-2)9(7)12-3/h5-6,9-12H,7-8,22H2,1-4H3;4-6H,1-3H3. The van der Waals surface area contributed by atoms with Crippen LogP contribution in [0.5, 0.6) is 40.2 Å². The molecule has 214 valence electrons. The minimum absolute atomic E-state index is 0.358. The van der Waals surface area contributed by atoms with Crippen LogP contribution in [0.15, 0.2) is 54.7 Å². The fourth-order valence-corrected chi connectivity index (χ4v) is 4.30. The van der Waals surface area contributed by atoms with Crippen LogP contribution in [0.1, 0.15) is 12.5 Å².